The van der Waals surface area contributed by atoms with Gasteiger partial charge in [0.15, 0.2) is 0 Å². The summed E-state index contributed by atoms with van der Waals surface area (Å²) in [6.07, 6.45) is 1.72. The minimum absolute atomic E-state index is 0.0949. The van der Waals surface area contributed by atoms with Crippen molar-refractivity contribution in [2.75, 3.05) is 6.16 Å². The molecule has 1 aromatic rings. The number of fused-ring (bicyclic) bond motifs is 10. The molecule has 2 heteroatoms. The summed E-state index contributed by atoms with van der Waals surface area (Å²) < 4.78 is 1.92. The van der Waals surface area contributed by atoms with Gasteiger partial charge in [-0.1, -0.05) is 0 Å². The molecule has 11 rings (SSSR count). The Kier molecular flexibility index (Phi) is 0.748. The van der Waals surface area contributed by atoms with Gasteiger partial charge in [-0.05, 0) is 0 Å². The molecule has 0 aromatic heterocycles. The van der Waals surface area contributed by atoms with Crippen molar-refractivity contribution >= 4 is 7.92 Å². The molecule has 1 aromatic carbocycles. The summed E-state index contributed by atoms with van der Waals surface area (Å²) in [5.41, 5.74) is 1.90. The first-order valence-corrected chi connectivity index (χ1v) is 19.2. The van der Waals surface area contributed by atoms with Crippen LogP contribution in [0.3, 0.4) is 0 Å². The Bertz CT molecular complexity index is 1400. The molecule has 5 atom stereocenters. The Morgan fingerprint density at radius 1 is 0.815 bits per heavy atom. The Morgan fingerprint density at radius 3 is 1.74 bits per heavy atom. The SMILES string of the molecule is CC(C)(C)P(C[C]12[CH]3[CH]4[C]5(c6ccccc6)[CH]1[Fe]34251678[CH]2[CH]1[CH]6[CH]7[CH]28)C(C)(C)C. The summed E-state index contributed by atoms with van der Waals surface area (Å²) in [6, 6.07) is 12.2. The summed E-state index contributed by atoms with van der Waals surface area (Å²) >= 11 is 0. The van der Waals surface area contributed by atoms with Gasteiger partial charge in [-0.25, -0.2) is 0 Å². The van der Waals surface area contributed by atoms with Gasteiger partial charge < -0.3 is 0 Å². The second-order valence-electron chi connectivity index (χ2n) is 16.2. The van der Waals surface area contributed by atoms with E-state index in [-0.39, 0.29) is 7.92 Å². The van der Waals surface area contributed by atoms with Crippen LogP contribution in [-0.4, -0.2) is 16.5 Å². The van der Waals surface area contributed by atoms with Gasteiger partial charge in [0.2, 0.25) is 0 Å². The predicted octanol–water partition coefficient (Wildman–Crippen LogP) is 7.93. The van der Waals surface area contributed by atoms with Crippen LogP contribution in [0.1, 0.15) is 47.1 Å². The first-order chi connectivity index (χ1) is 12.4. The zero-order chi connectivity index (χ0) is 18.3. The molecule has 0 N–H and O–H groups in total. The van der Waals surface area contributed by atoms with Gasteiger partial charge in [0, 0.05) is 0 Å². The molecule has 10 heterocycles. The van der Waals surface area contributed by atoms with Gasteiger partial charge in [-0.2, -0.15) is 0 Å². The third kappa shape index (κ3) is 0.231. The van der Waals surface area contributed by atoms with E-state index in [9.17, 15) is 0 Å². The van der Waals surface area contributed by atoms with Crippen molar-refractivity contribution in [2.45, 2.75) is 99.0 Å². The quantitative estimate of drug-likeness (QED) is 0.344. The molecule has 27 heavy (non-hydrogen) atoms. The van der Waals surface area contributed by atoms with Gasteiger partial charge in [0.25, 0.3) is 0 Å². The number of hydrogen-bond acceptors (Lipinski definition) is 0. The first kappa shape index (κ1) is 13.5. The van der Waals surface area contributed by atoms with Crippen LogP contribution in [0.25, 0.3) is 0 Å². The van der Waals surface area contributed by atoms with Gasteiger partial charge in [-0.3, -0.25) is 0 Å². The fraction of sp³-hybridized carbons (Fsp3) is 0.760. The molecule has 0 bridgehead atoms. The van der Waals surface area contributed by atoms with E-state index < -0.39 is 6.51 Å². The van der Waals surface area contributed by atoms with E-state index in [1.54, 1.807) is 6.16 Å². The molecule has 10 saturated heterocycles. The average molecular weight is 420 g/mol. The first-order valence-electron chi connectivity index (χ1n) is 11.4. The van der Waals surface area contributed by atoms with E-state index in [2.05, 4.69) is 71.9 Å². The van der Waals surface area contributed by atoms with Crippen LogP contribution in [0.2, 0.25) is 42.8 Å². The molecule has 146 valence electrons. The Balaban J connectivity index is 1.23. The second-order valence-corrected chi connectivity index (χ2v) is 43.4. The zero-order valence-corrected chi connectivity index (χ0v) is 19.5. The molecule has 0 nitrogen and oxygen atoms in total. The average Bonchev–Trinajstić information content (AvgIpc) is 3.51. The Labute approximate surface area is 155 Å². The van der Waals surface area contributed by atoms with Crippen LogP contribution >= 0.6 is 7.92 Å². The number of benzene rings is 1. The van der Waals surface area contributed by atoms with E-state index in [1.165, 1.54) is 38.5 Å². The molecule has 10 fully saturated rings. The van der Waals surface area contributed by atoms with E-state index >= 15 is 0 Å². The monoisotopic (exact) mass is 420 g/mol. The number of hydrogen-bond donors (Lipinski definition) is 0. The molecule has 0 amide bonds. The Hall–Kier alpha value is 0.169. The Morgan fingerprint density at radius 2 is 1.33 bits per heavy atom. The standard InChI is InChI=1S/C20H28P.C5H5.Fe/c1-19(2,3)21(20(4,5)6)15-16-12-13-18(14-16)17-10-8-7-9-11-17;1-2-4-5-3-1;/h7-14H,15H2,1-6H3;1-5H;. The van der Waals surface area contributed by atoms with Crippen molar-refractivity contribution in [3.8, 4) is 0 Å². The summed E-state index contributed by atoms with van der Waals surface area (Å²) in [5, 5.41) is 1.05. The van der Waals surface area contributed by atoms with Crippen molar-refractivity contribution in [2.24, 2.45) is 0 Å². The molecule has 5 unspecified atom stereocenters. The molecule has 10 aliphatic rings. The van der Waals surface area contributed by atoms with Gasteiger partial charge in [0.1, 0.15) is 0 Å². The summed E-state index contributed by atoms with van der Waals surface area (Å²) in [6.45, 7) is 12.2. The van der Waals surface area contributed by atoms with Crippen LogP contribution in [0, 0.1) is 0 Å². The van der Waals surface area contributed by atoms with Crippen molar-refractivity contribution in [3.05, 3.63) is 35.9 Å². The van der Waals surface area contributed by atoms with Crippen molar-refractivity contribution < 1.29 is 6.51 Å². The zero-order valence-electron chi connectivity index (χ0n) is 17.5. The van der Waals surface area contributed by atoms with E-state index in [0.717, 1.165) is 8.63 Å². The van der Waals surface area contributed by atoms with E-state index in [4.69, 9.17) is 0 Å². The molecule has 1 spiro atoms. The van der Waals surface area contributed by atoms with Crippen molar-refractivity contribution in [3.63, 3.8) is 0 Å². The molecule has 0 aliphatic carbocycles. The van der Waals surface area contributed by atoms with Crippen LogP contribution in [0.4, 0.5) is 0 Å². The summed E-state index contributed by atoms with van der Waals surface area (Å²) in [7, 11) is 0.0949. The fourth-order valence-electron chi connectivity index (χ4n) is 20.7. The molecule has 0 saturated carbocycles. The van der Waals surface area contributed by atoms with Crippen LogP contribution in [-0.2, 0) is 10.8 Å². The molecule has 0 radical (unpaired) electrons. The van der Waals surface area contributed by atoms with E-state index in [1.807, 2.05) is 5.56 Å². The van der Waals surface area contributed by atoms with Crippen molar-refractivity contribution in [1.29, 1.82) is 0 Å². The minimum atomic E-state index is -3.33. The topological polar surface area (TPSA) is 0 Å². The second kappa shape index (κ2) is 1.50. The molecule has 10 aliphatic heterocycles. The fourth-order valence-corrected chi connectivity index (χ4v) is 104. The van der Waals surface area contributed by atoms with Gasteiger partial charge in [0.05, 0.1) is 0 Å². The molecular weight excluding hydrogens is 387 g/mol. The maximum atomic E-state index is 2.60. The number of rotatable bonds is 3. The third-order valence-corrected chi connectivity index (χ3v) is 66.1. The molecular formula is C25H33FeP. The van der Waals surface area contributed by atoms with Gasteiger partial charge >= 0.3 is 155 Å². The van der Waals surface area contributed by atoms with Crippen LogP contribution < -0.4 is 0 Å². The van der Waals surface area contributed by atoms with Gasteiger partial charge in [-0.15, -0.1) is 0 Å². The predicted molar refractivity (Wildman–Crippen MR) is 112 cm³/mol. The van der Waals surface area contributed by atoms with E-state index in [0.29, 0.717) is 10.3 Å². The van der Waals surface area contributed by atoms with Crippen LogP contribution in [0.15, 0.2) is 30.3 Å². The normalized spacial score (nSPS) is 83.7. The van der Waals surface area contributed by atoms with Crippen LogP contribution in [0.5, 0.6) is 0 Å². The summed E-state index contributed by atoms with van der Waals surface area (Å²) in [5.74, 6) is 0. The third-order valence-electron chi connectivity index (χ3n) is 18.3. The maximum absolute atomic E-state index is 3.33. The van der Waals surface area contributed by atoms with Crippen molar-refractivity contribution in [1.82, 2.24) is 0 Å². The summed E-state index contributed by atoms with van der Waals surface area (Å²) in [4.78, 5) is 11.1.